The van der Waals surface area contributed by atoms with Gasteiger partial charge in [0.1, 0.15) is 11.8 Å². The molecule has 2 aromatic carbocycles. The summed E-state index contributed by atoms with van der Waals surface area (Å²) in [5, 5.41) is 0.386. The first kappa shape index (κ1) is 17.6. The number of benzene rings is 2. The lowest BCUT2D eigenvalue weighted by molar-refractivity contribution is 0.326. The van der Waals surface area contributed by atoms with Gasteiger partial charge in [0.05, 0.1) is 32.4 Å². The molecule has 0 saturated heterocycles. The molecule has 3 rings (SSSR count). The first-order valence-electron chi connectivity index (χ1n) is 8.00. The molecule has 0 radical (unpaired) electrons. The second-order valence-corrected chi connectivity index (χ2v) is 5.88. The standard InChI is InChI=1S/C19H21N3O4/c1-21(2)12-7-6-8-13(9-12)22-11-20-16-14(19(22)23)10-15(24-3)17(25-4)18(16)26-5/h6-11H,1-5H3. The van der Waals surface area contributed by atoms with Crippen molar-refractivity contribution in [3.63, 3.8) is 0 Å². The normalized spacial score (nSPS) is 10.7. The van der Waals surface area contributed by atoms with Crippen LogP contribution in [0.1, 0.15) is 0 Å². The Bertz CT molecular complexity index is 1010. The van der Waals surface area contributed by atoms with Crippen molar-refractivity contribution in [3.8, 4) is 22.9 Å². The Hall–Kier alpha value is -3.22. The maximum absolute atomic E-state index is 13.1. The fraction of sp³-hybridized carbons (Fsp3) is 0.263. The Kier molecular flexibility index (Phi) is 4.71. The lowest BCUT2D eigenvalue weighted by Crippen LogP contribution is -2.20. The molecule has 0 bridgehead atoms. The molecule has 3 aromatic rings. The Balaban J connectivity index is 2.30. The molecule has 1 heterocycles. The molecule has 0 N–H and O–H groups in total. The zero-order chi connectivity index (χ0) is 18.8. The van der Waals surface area contributed by atoms with Crippen LogP contribution in [-0.4, -0.2) is 45.0 Å². The third-order valence-electron chi connectivity index (χ3n) is 4.18. The van der Waals surface area contributed by atoms with E-state index in [-0.39, 0.29) is 5.56 Å². The van der Waals surface area contributed by atoms with Crippen LogP contribution in [-0.2, 0) is 0 Å². The summed E-state index contributed by atoms with van der Waals surface area (Å²) in [4.78, 5) is 19.5. The van der Waals surface area contributed by atoms with E-state index in [0.29, 0.717) is 28.2 Å². The summed E-state index contributed by atoms with van der Waals surface area (Å²) < 4.78 is 17.6. The van der Waals surface area contributed by atoms with Crippen LogP contribution >= 0.6 is 0 Å². The minimum Gasteiger partial charge on any atom is -0.493 e. The Labute approximate surface area is 151 Å². The summed E-state index contributed by atoms with van der Waals surface area (Å²) >= 11 is 0. The smallest absolute Gasteiger partial charge is 0.266 e. The Morgan fingerprint density at radius 1 is 1.00 bits per heavy atom. The first-order chi connectivity index (χ1) is 12.5. The number of anilines is 1. The Morgan fingerprint density at radius 3 is 2.35 bits per heavy atom. The zero-order valence-corrected chi connectivity index (χ0v) is 15.4. The van der Waals surface area contributed by atoms with E-state index in [4.69, 9.17) is 14.2 Å². The van der Waals surface area contributed by atoms with Crippen LogP contribution in [0.15, 0.2) is 41.5 Å². The van der Waals surface area contributed by atoms with E-state index in [1.165, 1.54) is 32.2 Å². The molecule has 136 valence electrons. The van der Waals surface area contributed by atoms with Gasteiger partial charge in [-0.25, -0.2) is 4.98 Å². The molecule has 0 unspecified atom stereocenters. The van der Waals surface area contributed by atoms with Gasteiger partial charge in [-0.3, -0.25) is 9.36 Å². The summed E-state index contributed by atoms with van der Waals surface area (Å²) in [7, 11) is 8.42. The monoisotopic (exact) mass is 355 g/mol. The summed E-state index contributed by atoms with van der Waals surface area (Å²) in [5.41, 5.74) is 1.92. The van der Waals surface area contributed by atoms with Gasteiger partial charge < -0.3 is 19.1 Å². The van der Waals surface area contributed by atoms with Gasteiger partial charge in [-0.1, -0.05) is 6.07 Å². The summed E-state index contributed by atoms with van der Waals surface area (Å²) in [6.07, 6.45) is 1.49. The number of aromatic nitrogens is 2. The second-order valence-electron chi connectivity index (χ2n) is 5.88. The highest BCUT2D eigenvalue weighted by molar-refractivity contribution is 5.89. The summed E-state index contributed by atoms with van der Waals surface area (Å²) in [6, 6.07) is 9.28. The van der Waals surface area contributed by atoms with Crippen LogP contribution in [0.4, 0.5) is 5.69 Å². The molecule has 0 amide bonds. The maximum atomic E-state index is 13.1. The largest absolute Gasteiger partial charge is 0.493 e. The minimum absolute atomic E-state index is 0.217. The molecule has 0 fully saturated rings. The number of methoxy groups -OCH3 is 3. The van der Waals surface area contributed by atoms with Gasteiger partial charge in [0.25, 0.3) is 5.56 Å². The lowest BCUT2D eigenvalue weighted by Gasteiger charge is -2.16. The fourth-order valence-electron chi connectivity index (χ4n) is 2.83. The van der Waals surface area contributed by atoms with E-state index in [9.17, 15) is 4.79 Å². The molecule has 26 heavy (non-hydrogen) atoms. The van der Waals surface area contributed by atoms with E-state index in [0.717, 1.165) is 11.4 Å². The average molecular weight is 355 g/mol. The number of ether oxygens (including phenoxy) is 3. The van der Waals surface area contributed by atoms with E-state index in [2.05, 4.69) is 4.98 Å². The van der Waals surface area contributed by atoms with E-state index < -0.39 is 0 Å². The van der Waals surface area contributed by atoms with Gasteiger partial charge in [-0.15, -0.1) is 0 Å². The minimum atomic E-state index is -0.217. The van der Waals surface area contributed by atoms with E-state index in [1.807, 2.05) is 43.3 Å². The van der Waals surface area contributed by atoms with Crippen LogP contribution < -0.4 is 24.7 Å². The average Bonchev–Trinajstić information content (AvgIpc) is 2.66. The molecule has 0 aliphatic heterocycles. The van der Waals surface area contributed by atoms with Crippen LogP contribution in [0.3, 0.4) is 0 Å². The van der Waals surface area contributed by atoms with E-state index >= 15 is 0 Å². The molecule has 7 nitrogen and oxygen atoms in total. The van der Waals surface area contributed by atoms with Gasteiger partial charge >= 0.3 is 0 Å². The van der Waals surface area contributed by atoms with Crippen LogP contribution in [0, 0.1) is 0 Å². The fourth-order valence-corrected chi connectivity index (χ4v) is 2.83. The van der Waals surface area contributed by atoms with Crippen molar-refractivity contribution >= 4 is 16.6 Å². The SMILES string of the molecule is COc1cc2c(=O)n(-c3cccc(N(C)C)c3)cnc2c(OC)c1OC. The van der Waals surface area contributed by atoms with Crippen molar-refractivity contribution in [1.82, 2.24) is 9.55 Å². The van der Waals surface area contributed by atoms with Gasteiger partial charge in [0.15, 0.2) is 11.5 Å². The van der Waals surface area contributed by atoms with Crippen molar-refractivity contribution in [2.24, 2.45) is 0 Å². The number of hydrogen-bond acceptors (Lipinski definition) is 6. The first-order valence-corrected chi connectivity index (χ1v) is 8.00. The summed E-state index contributed by atoms with van der Waals surface area (Å²) in [5.74, 6) is 1.19. The van der Waals surface area contributed by atoms with Crippen molar-refractivity contribution in [3.05, 3.63) is 47.0 Å². The highest BCUT2D eigenvalue weighted by Crippen LogP contribution is 2.41. The maximum Gasteiger partial charge on any atom is 0.266 e. The predicted molar refractivity (Wildman–Crippen MR) is 101 cm³/mol. The van der Waals surface area contributed by atoms with Crippen molar-refractivity contribution in [2.75, 3.05) is 40.3 Å². The predicted octanol–water partition coefficient (Wildman–Crippen LogP) is 2.48. The second kappa shape index (κ2) is 6.95. The highest BCUT2D eigenvalue weighted by Gasteiger charge is 2.19. The third kappa shape index (κ3) is 2.81. The molecular weight excluding hydrogens is 334 g/mol. The molecule has 0 aliphatic rings. The van der Waals surface area contributed by atoms with Gasteiger partial charge in [0.2, 0.25) is 5.75 Å². The summed E-state index contributed by atoms with van der Waals surface area (Å²) in [6.45, 7) is 0. The van der Waals surface area contributed by atoms with Gasteiger partial charge in [0, 0.05) is 19.8 Å². The third-order valence-corrected chi connectivity index (χ3v) is 4.18. The number of fused-ring (bicyclic) bond motifs is 1. The quantitative estimate of drug-likeness (QED) is 0.701. The van der Waals surface area contributed by atoms with Crippen LogP contribution in [0.5, 0.6) is 17.2 Å². The molecular formula is C19H21N3O4. The van der Waals surface area contributed by atoms with Crippen LogP contribution in [0.25, 0.3) is 16.6 Å². The van der Waals surface area contributed by atoms with Gasteiger partial charge in [-0.05, 0) is 24.3 Å². The molecule has 0 atom stereocenters. The topological polar surface area (TPSA) is 65.8 Å². The molecule has 7 heteroatoms. The molecule has 0 saturated carbocycles. The van der Waals surface area contributed by atoms with Crippen molar-refractivity contribution in [2.45, 2.75) is 0 Å². The molecule has 0 aliphatic carbocycles. The number of nitrogens with zero attached hydrogens (tertiary/aromatic N) is 3. The molecule has 0 spiro atoms. The van der Waals surface area contributed by atoms with Crippen molar-refractivity contribution in [1.29, 1.82) is 0 Å². The van der Waals surface area contributed by atoms with E-state index in [1.54, 1.807) is 6.07 Å². The Morgan fingerprint density at radius 2 is 1.73 bits per heavy atom. The molecule has 1 aromatic heterocycles. The lowest BCUT2D eigenvalue weighted by atomic mass is 10.2. The highest BCUT2D eigenvalue weighted by atomic mass is 16.5. The zero-order valence-electron chi connectivity index (χ0n) is 15.4. The number of rotatable bonds is 5. The number of hydrogen-bond donors (Lipinski definition) is 0. The van der Waals surface area contributed by atoms with Crippen molar-refractivity contribution < 1.29 is 14.2 Å². The van der Waals surface area contributed by atoms with Gasteiger partial charge in [-0.2, -0.15) is 0 Å². The van der Waals surface area contributed by atoms with Crippen LogP contribution in [0.2, 0.25) is 0 Å².